The van der Waals surface area contributed by atoms with Crippen molar-refractivity contribution in [3.05, 3.63) is 35.4 Å². The van der Waals surface area contributed by atoms with Crippen LogP contribution < -0.4 is 5.73 Å². The van der Waals surface area contributed by atoms with Crippen LogP contribution in [0.15, 0.2) is 24.3 Å². The van der Waals surface area contributed by atoms with Crippen molar-refractivity contribution < 1.29 is 5.11 Å². The van der Waals surface area contributed by atoms with Gasteiger partial charge < -0.3 is 10.8 Å². The zero-order valence-corrected chi connectivity index (χ0v) is 11.1. The zero-order chi connectivity index (χ0) is 11.5. The summed E-state index contributed by atoms with van der Waals surface area (Å²) in [6.07, 6.45) is 4.34. The molecule has 0 saturated heterocycles. The quantitative estimate of drug-likeness (QED) is 0.872. The molecule has 1 aliphatic carbocycles. The predicted octanol–water partition coefficient (Wildman–Crippen LogP) is 2.97. The number of nitrogens with two attached hydrogens (primary N) is 1. The third kappa shape index (κ3) is 3.44. The fourth-order valence-corrected chi connectivity index (χ4v) is 2.58. The van der Waals surface area contributed by atoms with Crippen LogP contribution >= 0.6 is 12.4 Å². The van der Waals surface area contributed by atoms with Gasteiger partial charge in [0.15, 0.2) is 0 Å². The smallest absolute Gasteiger partial charge is 0.0760 e. The van der Waals surface area contributed by atoms with Gasteiger partial charge in [-0.2, -0.15) is 0 Å². The molecule has 3 heteroatoms. The summed E-state index contributed by atoms with van der Waals surface area (Å²) in [6.45, 7) is 2.06. The summed E-state index contributed by atoms with van der Waals surface area (Å²) in [5.41, 5.74) is 8.39. The molecule has 1 aromatic rings. The fourth-order valence-electron chi connectivity index (χ4n) is 2.58. The lowest BCUT2D eigenvalue weighted by molar-refractivity contribution is 0.0845. The highest BCUT2D eigenvalue weighted by atomic mass is 35.5. The predicted molar refractivity (Wildman–Crippen MR) is 73.3 cm³/mol. The fraction of sp³-hybridized carbons (Fsp3) is 0.571. The maximum Gasteiger partial charge on any atom is 0.0760 e. The van der Waals surface area contributed by atoms with Crippen molar-refractivity contribution in [2.45, 2.75) is 44.8 Å². The molecule has 0 heterocycles. The van der Waals surface area contributed by atoms with E-state index in [9.17, 15) is 5.11 Å². The summed E-state index contributed by atoms with van der Waals surface area (Å²) in [4.78, 5) is 0. The van der Waals surface area contributed by atoms with Gasteiger partial charge in [-0.1, -0.05) is 42.7 Å². The van der Waals surface area contributed by atoms with Gasteiger partial charge in [0, 0.05) is 0 Å². The molecule has 2 nitrogen and oxygen atoms in total. The van der Waals surface area contributed by atoms with Crippen molar-refractivity contribution in [3.8, 4) is 0 Å². The molecule has 0 aliphatic heterocycles. The van der Waals surface area contributed by atoms with Gasteiger partial charge in [-0.05, 0) is 31.2 Å². The molecule has 2 atom stereocenters. The van der Waals surface area contributed by atoms with E-state index in [2.05, 4.69) is 19.1 Å². The van der Waals surface area contributed by atoms with Gasteiger partial charge in [0.05, 0.1) is 12.1 Å². The van der Waals surface area contributed by atoms with Crippen molar-refractivity contribution in [2.75, 3.05) is 0 Å². The topological polar surface area (TPSA) is 46.2 Å². The van der Waals surface area contributed by atoms with Crippen LogP contribution in [0.5, 0.6) is 0 Å². The molecule has 1 fully saturated rings. The van der Waals surface area contributed by atoms with Gasteiger partial charge in [-0.15, -0.1) is 12.4 Å². The Hall–Kier alpha value is -0.570. The molecule has 1 aromatic carbocycles. The van der Waals surface area contributed by atoms with Crippen molar-refractivity contribution >= 4 is 12.4 Å². The molecule has 0 amide bonds. The number of aliphatic hydroxyl groups is 1. The normalized spacial score (nSPS) is 19.7. The van der Waals surface area contributed by atoms with Crippen LogP contribution in [0.3, 0.4) is 0 Å². The van der Waals surface area contributed by atoms with Crippen LogP contribution in [0.25, 0.3) is 0 Å². The summed E-state index contributed by atoms with van der Waals surface area (Å²) in [7, 11) is 0. The van der Waals surface area contributed by atoms with Crippen LogP contribution in [-0.2, 0) is 0 Å². The number of halogens is 1. The van der Waals surface area contributed by atoms with E-state index in [1.54, 1.807) is 0 Å². The Bertz CT molecular complexity index is 333. The van der Waals surface area contributed by atoms with Crippen LogP contribution in [0.4, 0.5) is 0 Å². The summed E-state index contributed by atoms with van der Waals surface area (Å²) < 4.78 is 0. The average molecular weight is 256 g/mol. The van der Waals surface area contributed by atoms with Crippen LogP contribution in [0, 0.1) is 12.8 Å². The molecular formula is C14H22ClNO. The first kappa shape index (κ1) is 14.5. The zero-order valence-electron chi connectivity index (χ0n) is 10.3. The minimum Gasteiger partial charge on any atom is -0.391 e. The Morgan fingerprint density at radius 3 is 2.24 bits per heavy atom. The van der Waals surface area contributed by atoms with Crippen LogP contribution in [0.2, 0.25) is 0 Å². The molecule has 1 aliphatic rings. The van der Waals surface area contributed by atoms with E-state index in [-0.39, 0.29) is 24.6 Å². The molecule has 1 saturated carbocycles. The van der Waals surface area contributed by atoms with Crippen LogP contribution in [0.1, 0.15) is 42.9 Å². The first-order chi connectivity index (χ1) is 7.68. The van der Waals surface area contributed by atoms with Gasteiger partial charge in [-0.3, -0.25) is 0 Å². The molecule has 17 heavy (non-hydrogen) atoms. The Kier molecular flexibility index (Phi) is 5.44. The number of benzene rings is 1. The first-order valence-corrected chi connectivity index (χ1v) is 6.18. The maximum absolute atomic E-state index is 10.2. The molecule has 0 aromatic heterocycles. The highest BCUT2D eigenvalue weighted by Gasteiger charge is 2.28. The number of rotatable bonds is 3. The first-order valence-electron chi connectivity index (χ1n) is 6.18. The average Bonchev–Trinajstić information content (AvgIpc) is 2.81. The second-order valence-electron chi connectivity index (χ2n) is 4.97. The Labute approximate surface area is 110 Å². The standard InChI is InChI=1S/C14H21NO.ClH/c1-10-6-8-11(9-7-10)13(15)14(16)12-4-2-3-5-12;/h6-9,12-14,16H,2-5,15H2,1H3;1H/t13-,14+;/m0./s1. The van der Waals surface area contributed by atoms with E-state index in [0.29, 0.717) is 5.92 Å². The third-order valence-electron chi connectivity index (χ3n) is 3.71. The van der Waals surface area contributed by atoms with Gasteiger partial charge in [0.1, 0.15) is 0 Å². The Morgan fingerprint density at radius 2 is 1.71 bits per heavy atom. The Balaban J connectivity index is 0.00000144. The minimum atomic E-state index is -0.384. The van der Waals surface area contributed by atoms with Crippen molar-refractivity contribution in [1.82, 2.24) is 0 Å². The number of aryl methyl sites for hydroxylation is 1. The van der Waals surface area contributed by atoms with Crippen molar-refractivity contribution in [1.29, 1.82) is 0 Å². The van der Waals surface area contributed by atoms with Gasteiger partial charge in [0.25, 0.3) is 0 Å². The molecule has 2 rings (SSSR count). The van der Waals surface area contributed by atoms with E-state index >= 15 is 0 Å². The van der Waals surface area contributed by atoms with Gasteiger partial charge in [-0.25, -0.2) is 0 Å². The number of hydrogen-bond acceptors (Lipinski definition) is 2. The molecule has 3 N–H and O–H groups in total. The van der Waals surface area contributed by atoms with E-state index in [0.717, 1.165) is 18.4 Å². The van der Waals surface area contributed by atoms with E-state index < -0.39 is 0 Å². The second-order valence-corrected chi connectivity index (χ2v) is 4.97. The highest BCUT2D eigenvalue weighted by molar-refractivity contribution is 5.85. The SMILES string of the molecule is Cc1ccc([C@H](N)[C@H](O)C2CCCC2)cc1.Cl. The lowest BCUT2D eigenvalue weighted by Gasteiger charge is -2.24. The van der Waals surface area contributed by atoms with E-state index in [1.165, 1.54) is 18.4 Å². The second kappa shape index (κ2) is 6.39. The molecular weight excluding hydrogens is 234 g/mol. The number of aliphatic hydroxyl groups excluding tert-OH is 1. The van der Waals surface area contributed by atoms with Crippen LogP contribution in [-0.4, -0.2) is 11.2 Å². The Morgan fingerprint density at radius 1 is 1.18 bits per heavy atom. The largest absolute Gasteiger partial charge is 0.391 e. The van der Waals surface area contributed by atoms with Crippen molar-refractivity contribution in [2.24, 2.45) is 11.7 Å². The summed E-state index contributed by atoms with van der Waals surface area (Å²) >= 11 is 0. The van der Waals surface area contributed by atoms with Gasteiger partial charge in [0.2, 0.25) is 0 Å². The lowest BCUT2D eigenvalue weighted by atomic mass is 9.91. The van der Waals surface area contributed by atoms with E-state index in [4.69, 9.17) is 5.73 Å². The number of hydrogen-bond donors (Lipinski definition) is 2. The molecule has 0 radical (unpaired) electrons. The van der Waals surface area contributed by atoms with Crippen molar-refractivity contribution in [3.63, 3.8) is 0 Å². The molecule has 0 spiro atoms. The van der Waals surface area contributed by atoms with Gasteiger partial charge >= 0.3 is 0 Å². The molecule has 0 bridgehead atoms. The monoisotopic (exact) mass is 255 g/mol. The summed E-state index contributed by atoms with van der Waals surface area (Å²) in [5.74, 6) is 0.399. The molecule has 96 valence electrons. The summed E-state index contributed by atoms with van der Waals surface area (Å²) in [5, 5.41) is 10.2. The lowest BCUT2D eigenvalue weighted by Crippen LogP contribution is -2.31. The van der Waals surface area contributed by atoms with E-state index in [1.807, 2.05) is 12.1 Å². The maximum atomic E-state index is 10.2. The third-order valence-corrected chi connectivity index (χ3v) is 3.71. The molecule has 0 unspecified atom stereocenters. The minimum absolute atomic E-state index is 0. The summed E-state index contributed by atoms with van der Waals surface area (Å²) in [6, 6.07) is 7.92. The highest BCUT2D eigenvalue weighted by Crippen LogP contribution is 2.32.